The van der Waals surface area contributed by atoms with Crippen molar-refractivity contribution < 1.29 is 0 Å². The van der Waals surface area contributed by atoms with E-state index in [-0.39, 0.29) is 0 Å². The van der Waals surface area contributed by atoms with Gasteiger partial charge in [0.2, 0.25) is 0 Å². The third-order valence-electron chi connectivity index (χ3n) is 5.07. The monoisotopic (exact) mass is 299 g/mol. The topological polar surface area (TPSA) is 12.0 Å². The van der Waals surface area contributed by atoms with E-state index in [1.165, 1.54) is 70.1 Å². The Balaban J connectivity index is 2.43. The van der Waals surface area contributed by atoms with Gasteiger partial charge >= 0.3 is 0 Å². The van der Waals surface area contributed by atoms with Crippen LogP contribution < -0.4 is 5.32 Å². The summed E-state index contributed by atoms with van der Waals surface area (Å²) in [6, 6.07) is 0.630. The van der Waals surface area contributed by atoms with Gasteiger partial charge in [-0.15, -0.1) is 0 Å². The first kappa shape index (κ1) is 18.4. The van der Waals surface area contributed by atoms with E-state index in [0.717, 1.165) is 5.92 Å². The van der Waals surface area contributed by atoms with Crippen LogP contribution in [-0.4, -0.2) is 24.6 Å². The highest BCUT2D eigenvalue weighted by atomic mass is 32.2. The van der Waals surface area contributed by atoms with Crippen LogP contribution in [0.2, 0.25) is 0 Å². The van der Waals surface area contributed by atoms with Crippen LogP contribution in [0, 0.1) is 11.3 Å². The van der Waals surface area contributed by atoms with Crippen molar-refractivity contribution in [1.29, 1.82) is 0 Å². The van der Waals surface area contributed by atoms with E-state index in [1.807, 2.05) is 11.8 Å². The van der Waals surface area contributed by atoms with E-state index >= 15 is 0 Å². The maximum atomic E-state index is 3.73. The molecule has 2 heteroatoms. The van der Waals surface area contributed by atoms with Crippen molar-refractivity contribution in [3.63, 3.8) is 0 Å². The second kappa shape index (κ2) is 10.1. The Labute approximate surface area is 132 Å². The highest BCUT2D eigenvalue weighted by Crippen LogP contribution is 2.43. The number of hydrogen-bond donors (Lipinski definition) is 1. The molecule has 0 radical (unpaired) electrons. The Morgan fingerprint density at radius 2 is 1.90 bits per heavy atom. The van der Waals surface area contributed by atoms with Gasteiger partial charge in [0.25, 0.3) is 0 Å². The normalized spacial score (nSPS) is 27.1. The van der Waals surface area contributed by atoms with Crippen molar-refractivity contribution in [2.24, 2.45) is 11.3 Å². The highest BCUT2D eigenvalue weighted by Gasteiger charge is 2.34. The summed E-state index contributed by atoms with van der Waals surface area (Å²) in [7, 11) is 0. The zero-order valence-electron chi connectivity index (χ0n) is 14.3. The van der Waals surface area contributed by atoms with E-state index in [1.54, 1.807) is 0 Å². The Morgan fingerprint density at radius 3 is 2.45 bits per heavy atom. The molecular formula is C18H37NS. The predicted molar refractivity (Wildman–Crippen MR) is 94.7 cm³/mol. The summed E-state index contributed by atoms with van der Waals surface area (Å²) in [5.41, 5.74) is 0.614. The molecule has 0 bridgehead atoms. The molecule has 0 atom stereocenters. The van der Waals surface area contributed by atoms with Crippen molar-refractivity contribution >= 4 is 11.8 Å². The van der Waals surface area contributed by atoms with Gasteiger partial charge in [-0.1, -0.05) is 40.0 Å². The van der Waals surface area contributed by atoms with Gasteiger partial charge in [-0.25, -0.2) is 0 Å². The maximum Gasteiger partial charge on any atom is 0.00106 e. The number of rotatable bonds is 10. The van der Waals surface area contributed by atoms with Crippen LogP contribution in [0.4, 0.5) is 0 Å². The minimum Gasteiger partial charge on any atom is -0.314 e. The van der Waals surface area contributed by atoms with Gasteiger partial charge in [0, 0.05) is 12.6 Å². The summed E-state index contributed by atoms with van der Waals surface area (Å²) < 4.78 is 0. The molecule has 1 aliphatic carbocycles. The van der Waals surface area contributed by atoms with Crippen LogP contribution in [0.3, 0.4) is 0 Å². The second-order valence-corrected chi connectivity index (χ2v) is 8.20. The average Bonchev–Trinajstić information content (AvgIpc) is 2.45. The molecule has 120 valence electrons. The molecule has 1 fully saturated rings. The largest absolute Gasteiger partial charge is 0.314 e. The van der Waals surface area contributed by atoms with Crippen LogP contribution in [0.5, 0.6) is 0 Å². The van der Waals surface area contributed by atoms with Gasteiger partial charge < -0.3 is 5.32 Å². The predicted octanol–water partition coefficient (Wildman–Crippen LogP) is 5.49. The van der Waals surface area contributed by atoms with Crippen molar-refractivity contribution in [3.8, 4) is 0 Å². The fourth-order valence-corrected chi connectivity index (χ4v) is 4.03. The van der Waals surface area contributed by atoms with Crippen LogP contribution in [0.1, 0.15) is 78.6 Å². The Morgan fingerprint density at radius 1 is 1.20 bits per heavy atom. The number of nitrogens with one attached hydrogen (secondary N) is 1. The molecule has 0 spiro atoms. The molecule has 1 nitrogen and oxygen atoms in total. The number of unbranched alkanes of at least 4 members (excludes halogenated alkanes) is 1. The van der Waals surface area contributed by atoms with Crippen LogP contribution in [0.15, 0.2) is 0 Å². The van der Waals surface area contributed by atoms with Crippen LogP contribution in [-0.2, 0) is 0 Å². The van der Waals surface area contributed by atoms with E-state index in [9.17, 15) is 0 Å². The zero-order chi connectivity index (χ0) is 14.8. The SMILES string of the molecule is CCCCC1CCC(CCCSC)(CNC(C)C)CC1. The van der Waals surface area contributed by atoms with Gasteiger partial charge in [0.15, 0.2) is 0 Å². The van der Waals surface area contributed by atoms with E-state index in [4.69, 9.17) is 0 Å². The van der Waals surface area contributed by atoms with Gasteiger partial charge in [0.1, 0.15) is 0 Å². The lowest BCUT2D eigenvalue weighted by molar-refractivity contribution is 0.124. The quantitative estimate of drug-likeness (QED) is 0.535. The van der Waals surface area contributed by atoms with E-state index in [0.29, 0.717) is 11.5 Å². The van der Waals surface area contributed by atoms with Crippen molar-refractivity contribution in [2.45, 2.75) is 84.6 Å². The average molecular weight is 300 g/mol. The molecule has 1 aliphatic rings. The summed E-state index contributed by atoms with van der Waals surface area (Å²) in [6.07, 6.45) is 15.3. The standard InChI is InChI=1S/C18H37NS/c1-5-6-8-17-9-12-18(13-10-17,11-7-14-20-4)15-19-16(2)3/h16-17,19H,5-15H2,1-4H3. The number of thioether (sulfide) groups is 1. The molecular weight excluding hydrogens is 262 g/mol. The van der Waals surface area contributed by atoms with E-state index < -0.39 is 0 Å². The first-order chi connectivity index (χ1) is 9.62. The third kappa shape index (κ3) is 6.85. The lowest BCUT2D eigenvalue weighted by Crippen LogP contribution is -2.40. The highest BCUT2D eigenvalue weighted by molar-refractivity contribution is 7.98. The molecule has 0 unspecified atom stereocenters. The summed E-state index contributed by atoms with van der Waals surface area (Å²) in [4.78, 5) is 0. The zero-order valence-corrected chi connectivity index (χ0v) is 15.2. The Bertz CT molecular complexity index is 232. The first-order valence-corrected chi connectivity index (χ1v) is 10.2. The van der Waals surface area contributed by atoms with Crippen LogP contribution in [0.25, 0.3) is 0 Å². The fourth-order valence-electron chi connectivity index (χ4n) is 3.60. The molecule has 0 aromatic carbocycles. The molecule has 0 heterocycles. The van der Waals surface area contributed by atoms with Gasteiger partial charge in [-0.2, -0.15) is 11.8 Å². The van der Waals surface area contributed by atoms with Gasteiger partial charge in [0.05, 0.1) is 0 Å². The molecule has 0 amide bonds. The van der Waals surface area contributed by atoms with Crippen molar-refractivity contribution in [3.05, 3.63) is 0 Å². The molecule has 0 saturated heterocycles. The summed E-state index contributed by atoms with van der Waals surface area (Å²) in [6.45, 7) is 8.13. The molecule has 20 heavy (non-hydrogen) atoms. The lowest BCUT2D eigenvalue weighted by Gasteiger charge is -2.41. The van der Waals surface area contributed by atoms with E-state index in [2.05, 4.69) is 32.3 Å². The second-order valence-electron chi connectivity index (χ2n) is 7.22. The third-order valence-corrected chi connectivity index (χ3v) is 5.77. The lowest BCUT2D eigenvalue weighted by atomic mass is 9.67. The minimum atomic E-state index is 0.614. The molecule has 0 aromatic heterocycles. The molecule has 1 N–H and O–H groups in total. The first-order valence-electron chi connectivity index (χ1n) is 8.84. The Hall–Kier alpha value is 0.310. The van der Waals surface area contributed by atoms with Gasteiger partial charge in [-0.3, -0.25) is 0 Å². The molecule has 1 rings (SSSR count). The summed E-state index contributed by atoms with van der Waals surface area (Å²) in [5, 5.41) is 3.73. The minimum absolute atomic E-state index is 0.614. The van der Waals surface area contributed by atoms with Gasteiger partial charge in [-0.05, 0) is 61.9 Å². The summed E-state index contributed by atoms with van der Waals surface area (Å²) in [5.74, 6) is 2.37. The van der Waals surface area contributed by atoms with Crippen molar-refractivity contribution in [1.82, 2.24) is 5.32 Å². The van der Waals surface area contributed by atoms with Crippen LogP contribution >= 0.6 is 11.8 Å². The molecule has 0 aliphatic heterocycles. The molecule has 1 saturated carbocycles. The maximum absolute atomic E-state index is 3.73. The fraction of sp³-hybridized carbons (Fsp3) is 1.00. The smallest absolute Gasteiger partial charge is 0.00106 e. The Kier molecular flexibility index (Phi) is 9.28. The number of hydrogen-bond acceptors (Lipinski definition) is 2. The van der Waals surface area contributed by atoms with Crippen molar-refractivity contribution in [2.75, 3.05) is 18.6 Å². The summed E-state index contributed by atoms with van der Waals surface area (Å²) >= 11 is 2.00. The molecule has 0 aromatic rings.